The van der Waals surface area contributed by atoms with Gasteiger partial charge in [-0.2, -0.15) is 0 Å². The molecule has 0 saturated carbocycles. The van der Waals surface area contributed by atoms with Crippen molar-refractivity contribution in [1.29, 1.82) is 0 Å². The van der Waals surface area contributed by atoms with Crippen molar-refractivity contribution in [1.82, 2.24) is 5.32 Å². The zero-order valence-corrected chi connectivity index (χ0v) is 9.56. The Morgan fingerprint density at radius 2 is 2.06 bits per heavy atom. The van der Waals surface area contributed by atoms with Gasteiger partial charge in [0.2, 0.25) is 0 Å². The van der Waals surface area contributed by atoms with E-state index < -0.39 is 6.10 Å². The molecule has 4 nitrogen and oxygen atoms in total. The maximum Gasteiger partial charge on any atom is 0.337 e. The van der Waals surface area contributed by atoms with Crippen LogP contribution in [0.2, 0.25) is 0 Å². The summed E-state index contributed by atoms with van der Waals surface area (Å²) in [7, 11) is 1.34. The number of rotatable bonds is 5. The second-order valence-corrected chi connectivity index (χ2v) is 3.44. The zero-order valence-electron chi connectivity index (χ0n) is 9.56. The molecular weight excluding hydrogens is 206 g/mol. The number of aliphatic hydroxyl groups is 1. The molecule has 0 aromatic heterocycles. The third kappa shape index (κ3) is 3.32. The topological polar surface area (TPSA) is 58.6 Å². The van der Waals surface area contributed by atoms with E-state index in [0.29, 0.717) is 12.1 Å². The lowest BCUT2D eigenvalue weighted by atomic mass is 10.1. The van der Waals surface area contributed by atoms with Crippen LogP contribution in [0.25, 0.3) is 0 Å². The van der Waals surface area contributed by atoms with E-state index in [1.54, 1.807) is 24.3 Å². The number of ether oxygens (including phenoxy) is 1. The van der Waals surface area contributed by atoms with E-state index in [9.17, 15) is 9.90 Å². The third-order valence-electron chi connectivity index (χ3n) is 2.30. The highest BCUT2D eigenvalue weighted by Crippen LogP contribution is 2.13. The molecular formula is C12H17NO3. The molecule has 0 aliphatic carbocycles. The molecule has 1 rings (SSSR count). The number of benzene rings is 1. The van der Waals surface area contributed by atoms with Crippen molar-refractivity contribution in [3.63, 3.8) is 0 Å². The van der Waals surface area contributed by atoms with Crippen LogP contribution in [0.3, 0.4) is 0 Å². The van der Waals surface area contributed by atoms with Gasteiger partial charge in [-0.1, -0.05) is 19.1 Å². The van der Waals surface area contributed by atoms with Gasteiger partial charge in [-0.05, 0) is 24.2 Å². The minimum Gasteiger partial charge on any atom is -0.465 e. The largest absolute Gasteiger partial charge is 0.465 e. The van der Waals surface area contributed by atoms with Crippen molar-refractivity contribution in [3.8, 4) is 0 Å². The monoisotopic (exact) mass is 223 g/mol. The van der Waals surface area contributed by atoms with E-state index in [0.717, 1.165) is 12.1 Å². The molecule has 2 N–H and O–H groups in total. The van der Waals surface area contributed by atoms with Gasteiger partial charge in [0, 0.05) is 6.54 Å². The van der Waals surface area contributed by atoms with Crippen LogP contribution in [-0.4, -0.2) is 31.3 Å². The number of hydrogen-bond donors (Lipinski definition) is 2. The predicted molar refractivity (Wildman–Crippen MR) is 61.3 cm³/mol. The molecule has 1 unspecified atom stereocenters. The van der Waals surface area contributed by atoms with Crippen LogP contribution in [0.4, 0.5) is 0 Å². The molecule has 1 aromatic carbocycles. The fourth-order valence-electron chi connectivity index (χ4n) is 1.36. The number of methoxy groups -OCH3 is 1. The Labute approximate surface area is 95.2 Å². The molecule has 0 amide bonds. The first-order valence-electron chi connectivity index (χ1n) is 5.26. The maximum absolute atomic E-state index is 11.2. The molecule has 88 valence electrons. The van der Waals surface area contributed by atoms with E-state index in [4.69, 9.17) is 0 Å². The van der Waals surface area contributed by atoms with E-state index in [-0.39, 0.29) is 5.97 Å². The van der Waals surface area contributed by atoms with Gasteiger partial charge in [0.05, 0.1) is 18.8 Å². The first-order chi connectivity index (χ1) is 7.69. The molecule has 0 fully saturated rings. The van der Waals surface area contributed by atoms with Gasteiger partial charge in [0.1, 0.15) is 0 Å². The molecule has 0 heterocycles. The number of carbonyl (C=O) groups is 1. The average molecular weight is 223 g/mol. The van der Waals surface area contributed by atoms with Gasteiger partial charge in [0.25, 0.3) is 0 Å². The van der Waals surface area contributed by atoms with Gasteiger partial charge in [0.15, 0.2) is 0 Å². The highest BCUT2D eigenvalue weighted by molar-refractivity contribution is 5.89. The highest BCUT2D eigenvalue weighted by atomic mass is 16.5. The highest BCUT2D eigenvalue weighted by Gasteiger charge is 2.09. The number of hydrogen-bond acceptors (Lipinski definition) is 4. The second kappa shape index (κ2) is 6.25. The van der Waals surface area contributed by atoms with E-state index in [1.807, 2.05) is 6.92 Å². The van der Waals surface area contributed by atoms with Crippen LogP contribution in [-0.2, 0) is 4.74 Å². The summed E-state index contributed by atoms with van der Waals surface area (Å²) in [5, 5.41) is 12.8. The minimum absolute atomic E-state index is 0.368. The van der Waals surface area contributed by atoms with Crippen molar-refractivity contribution in [2.45, 2.75) is 13.0 Å². The van der Waals surface area contributed by atoms with Gasteiger partial charge < -0.3 is 15.2 Å². The van der Waals surface area contributed by atoms with Gasteiger partial charge in [-0.25, -0.2) is 4.79 Å². The van der Waals surface area contributed by atoms with Crippen LogP contribution in [0.1, 0.15) is 28.9 Å². The lowest BCUT2D eigenvalue weighted by Crippen LogP contribution is -2.20. The lowest BCUT2D eigenvalue weighted by Gasteiger charge is -2.11. The lowest BCUT2D eigenvalue weighted by molar-refractivity contribution is 0.0600. The summed E-state index contributed by atoms with van der Waals surface area (Å²) < 4.78 is 4.59. The zero-order chi connectivity index (χ0) is 12.0. The standard InChI is InChI=1S/C12H17NO3/c1-3-13-8-11(14)9-4-6-10(7-5-9)12(15)16-2/h4-7,11,13-14H,3,8H2,1-2H3. The Morgan fingerprint density at radius 3 is 2.56 bits per heavy atom. The van der Waals surface area contributed by atoms with Gasteiger partial charge >= 0.3 is 5.97 Å². The Morgan fingerprint density at radius 1 is 1.44 bits per heavy atom. The summed E-state index contributed by atoms with van der Waals surface area (Å²) in [5.41, 5.74) is 1.27. The molecule has 0 spiro atoms. The quantitative estimate of drug-likeness (QED) is 0.734. The van der Waals surface area contributed by atoms with Crippen LogP contribution in [0, 0.1) is 0 Å². The van der Waals surface area contributed by atoms with E-state index in [1.165, 1.54) is 7.11 Å². The number of nitrogens with one attached hydrogen (secondary N) is 1. The van der Waals surface area contributed by atoms with Crippen LogP contribution in [0.15, 0.2) is 24.3 Å². The molecule has 1 aromatic rings. The van der Waals surface area contributed by atoms with Gasteiger partial charge in [-0.15, -0.1) is 0 Å². The molecule has 0 aliphatic heterocycles. The van der Waals surface area contributed by atoms with Crippen molar-refractivity contribution < 1.29 is 14.6 Å². The fourth-order valence-corrected chi connectivity index (χ4v) is 1.36. The number of likely N-dealkylation sites (N-methyl/N-ethyl adjacent to an activating group) is 1. The molecule has 4 heteroatoms. The van der Waals surface area contributed by atoms with Crippen LogP contribution >= 0.6 is 0 Å². The normalized spacial score (nSPS) is 12.2. The SMILES string of the molecule is CCNCC(O)c1ccc(C(=O)OC)cc1. The first kappa shape index (κ1) is 12.7. The fraction of sp³-hybridized carbons (Fsp3) is 0.417. The molecule has 0 aliphatic rings. The summed E-state index contributed by atoms with van der Waals surface area (Å²) in [6, 6.07) is 6.76. The summed E-state index contributed by atoms with van der Waals surface area (Å²) >= 11 is 0. The predicted octanol–water partition coefficient (Wildman–Crippen LogP) is 1.12. The smallest absolute Gasteiger partial charge is 0.337 e. The second-order valence-electron chi connectivity index (χ2n) is 3.44. The summed E-state index contributed by atoms with van der Waals surface area (Å²) in [4.78, 5) is 11.2. The molecule has 1 atom stereocenters. The van der Waals surface area contributed by atoms with Crippen LogP contribution in [0.5, 0.6) is 0 Å². The summed E-state index contributed by atoms with van der Waals surface area (Å²) in [6.45, 7) is 3.30. The Kier molecular flexibility index (Phi) is 4.95. The summed E-state index contributed by atoms with van der Waals surface area (Å²) in [6.07, 6.45) is -0.549. The molecule has 0 radical (unpaired) electrons. The first-order valence-corrected chi connectivity index (χ1v) is 5.26. The van der Waals surface area contributed by atoms with Crippen molar-refractivity contribution in [2.75, 3.05) is 20.2 Å². The van der Waals surface area contributed by atoms with Crippen molar-refractivity contribution in [3.05, 3.63) is 35.4 Å². The summed E-state index contributed by atoms with van der Waals surface area (Å²) in [5.74, 6) is -0.368. The van der Waals surface area contributed by atoms with E-state index >= 15 is 0 Å². The molecule has 0 saturated heterocycles. The van der Waals surface area contributed by atoms with Crippen molar-refractivity contribution in [2.24, 2.45) is 0 Å². The Bertz CT molecular complexity index is 335. The van der Waals surface area contributed by atoms with Crippen molar-refractivity contribution >= 4 is 5.97 Å². The molecule has 0 bridgehead atoms. The van der Waals surface area contributed by atoms with Gasteiger partial charge in [-0.3, -0.25) is 0 Å². The maximum atomic E-state index is 11.2. The number of aliphatic hydroxyl groups excluding tert-OH is 1. The minimum atomic E-state index is -0.549. The average Bonchev–Trinajstić information content (AvgIpc) is 2.35. The third-order valence-corrected chi connectivity index (χ3v) is 2.30. The number of carbonyl (C=O) groups excluding carboxylic acids is 1. The van der Waals surface area contributed by atoms with Crippen LogP contribution < -0.4 is 5.32 Å². The number of esters is 1. The van der Waals surface area contributed by atoms with E-state index in [2.05, 4.69) is 10.1 Å². The Balaban J connectivity index is 2.67. The Hall–Kier alpha value is -1.39. The molecule has 16 heavy (non-hydrogen) atoms.